The smallest absolute Gasteiger partial charge is 0.241 e. The van der Waals surface area contributed by atoms with Gasteiger partial charge in [-0.15, -0.1) is 0 Å². The summed E-state index contributed by atoms with van der Waals surface area (Å²) in [4.78, 5) is -0.190. The Morgan fingerprint density at radius 2 is 1.95 bits per heavy atom. The normalized spacial score (nSPS) is 11.5. The van der Waals surface area contributed by atoms with Crippen LogP contribution in [0, 0.1) is 5.82 Å². The summed E-state index contributed by atoms with van der Waals surface area (Å²) in [5.41, 5.74) is 6.29. The van der Waals surface area contributed by atoms with Gasteiger partial charge in [0.1, 0.15) is 5.82 Å². The number of rotatable bonds is 4. The van der Waals surface area contributed by atoms with E-state index in [2.05, 4.69) is 20.7 Å². The van der Waals surface area contributed by atoms with Gasteiger partial charge in [0.05, 0.1) is 4.90 Å². The number of benzene rings is 2. The minimum Gasteiger partial charge on any atom is -0.399 e. The van der Waals surface area contributed by atoms with Crippen molar-refractivity contribution < 1.29 is 12.8 Å². The van der Waals surface area contributed by atoms with Crippen molar-refractivity contribution in [2.75, 3.05) is 5.73 Å². The lowest BCUT2D eigenvalue weighted by atomic mass is 10.2. The third-order valence-electron chi connectivity index (χ3n) is 2.56. The van der Waals surface area contributed by atoms with Crippen molar-refractivity contribution in [1.82, 2.24) is 4.72 Å². The van der Waals surface area contributed by atoms with Gasteiger partial charge in [0.2, 0.25) is 10.0 Å². The first-order valence-corrected chi connectivity index (χ1v) is 7.94. The molecular formula is C13H12BrFN2O2S. The number of halogens is 2. The fourth-order valence-electron chi connectivity index (χ4n) is 1.65. The summed E-state index contributed by atoms with van der Waals surface area (Å²) in [5, 5.41) is 0. The summed E-state index contributed by atoms with van der Waals surface area (Å²) >= 11 is 3.30. The fraction of sp³-hybridized carbons (Fsp3) is 0.0769. The molecule has 106 valence electrons. The van der Waals surface area contributed by atoms with E-state index in [1.54, 1.807) is 18.2 Å². The molecule has 0 spiro atoms. The highest BCUT2D eigenvalue weighted by Gasteiger charge is 2.15. The molecule has 0 saturated carbocycles. The second-order valence-electron chi connectivity index (χ2n) is 4.17. The minimum atomic E-state index is -3.80. The minimum absolute atomic E-state index is 0.0628. The van der Waals surface area contributed by atoms with Gasteiger partial charge in [0.25, 0.3) is 0 Å². The Labute approximate surface area is 125 Å². The average Bonchev–Trinajstić information content (AvgIpc) is 2.35. The van der Waals surface area contributed by atoms with Crippen LogP contribution in [0.2, 0.25) is 0 Å². The molecule has 0 aliphatic rings. The van der Waals surface area contributed by atoms with E-state index in [1.807, 2.05) is 6.07 Å². The van der Waals surface area contributed by atoms with Crippen LogP contribution in [-0.4, -0.2) is 8.42 Å². The predicted molar refractivity (Wildman–Crippen MR) is 79.0 cm³/mol. The standard InChI is InChI=1S/C13H12BrFN2O2S/c14-10-3-1-2-9(4-10)8-17-20(18,19)13-6-11(15)5-12(16)7-13/h1-7,17H,8,16H2. The lowest BCUT2D eigenvalue weighted by Gasteiger charge is -2.08. The van der Waals surface area contributed by atoms with Crippen molar-refractivity contribution >= 4 is 31.6 Å². The van der Waals surface area contributed by atoms with Gasteiger partial charge in [0.15, 0.2) is 0 Å². The zero-order valence-electron chi connectivity index (χ0n) is 10.3. The fourth-order valence-corrected chi connectivity index (χ4v) is 3.18. The van der Waals surface area contributed by atoms with Crippen LogP contribution < -0.4 is 10.5 Å². The quantitative estimate of drug-likeness (QED) is 0.825. The molecule has 0 atom stereocenters. The predicted octanol–water partition coefficient (Wildman–Crippen LogP) is 2.65. The van der Waals surface area contributed by atoms with Crippen LogP contribution in [0.1, 0.15) is 5.56 Å². The van der Waals surface area contributed by atoms with E-state index in [4.69, 9.17) is 5.73 Å². The molecule has 0 bridgehead atoms. The first kappa shape index (κ1) is 15.0. The number of nitrogen functional groups attached to an aromatic ring is 1. The molecule has 0 aromatic heterocycles. The van der Waals surface area contributed by atoms with Crippen molar-refractivity contribution in [2.24, 2.45) is 0 Å². The highest BCUT2D eigenvalue weighted by Crippen LogP contribution is 2.17. The number of sulfonamides is 1. The number of anilines is 1. The highest BCUT2D eigenvalue weighted by atomic mass is 79.9. The molecular weight excluding hydrogens is 347 g/mol. The van der Waals surface area contributed by atoms with Gasteiger partial charge in [0, 0.05) is 16.7 Å². The molecule has 20 heavy (non-hydrogen) atoms. The van der Waals surface area contributed by atoms with E-state index in [0.29, 0.717) is 0 Å². The summed E-state index contributed by atoms with van der Waals surface area (Å²) in [6.45, 7) is 0.109. The van der Waals surface area contributed by atoms with Gasteiger partial charge in [-0.2, -0.15) is 0 Å². The molecule has 0 aliphatic heterocycles. The van der Waals surface area contributed by atoms with Crippen LogP contribution in [0.15, 0.2) is 51.8 Å². The van der Waals surface area contributed by atoms with Crippen molar-refractivity contribution in [1.29, 1.82) is 0 Å². The Kier molecular flexibility index (Phi) is 4.42. The number of hydrogen-bond donors (Lipinski definition) is 2. The average molecular weight is 359 g/mol. The zero-order valence-corrected chi connectivity index (χ0v) is 12.7. The van der Waals surface area contributed by atoms with Gasteiger partial charge < -0.3 is 5.73 Å². The zero-order chi connectivity index (χ0) is 14.8. The molecule has 0 saturated heterocycles. The molecule has 2 rings (SSSR count). The van der Waals surface area contributed by atoms with Crippen molar-refractivity contribution in [2.45, 2.75) is 11.4 Å². The SMILES string of the molecule is Nc1cc(F)cc(S(=O)(=O)NCc2cccc(Br)c2)c1. The van der Waals surface area contributed by atoms with Crippen LogP contribution in [0.5, 0.6) is 0 Å². The van der Waals surface area contributed by atoms with E-state index in [1.165, 1.54) is 6.07 Å². The monoisotopic (exact) mass is 358 g/mol. The molecule has 4 nitrogen and oxygen atoms in total. The summed E-state index contributed by atoms with van der Waals surface area (Å²) in [6.07, 6.45) is 0. The van der Waals surface area contributed by atoms with Crippen molar-refractivity contribution in [3.63, 3.8) is 0 Å². The van der Waals surface area contributed by atoms with Crippen LogP contribution in [0.3, 0.4) is 0 Å². The van der Waals surface area contributed by atoms with E-state index >= 15 is 0 Å². The molecule has 2 aromatic carbocycles. The summed E-state index contributed by atoms with van der Waals surface area (Å²) < 4.78 is 40.5. The Morgan fingerprint density at radius 1 is 1.20 bits per heavy atom. The molecule has 0 fully saturated rings. The molecule has 0 amide bonds. The Morgan fingerprint density at radius 3 is 2.60 bits per heavy atom. The third-order valence-corrected chi connectivity index (χ3v) is 4.43. The van der Waals surface area contributed by atoms with E-state index < -0.39 is 15.8 Å². The Bertz CT molecular complexity index is 715. The molecule has 0 unspecified atom stereocenters. The van der Waals surface area contributed by atoms with Crippen molar-refractivity contribution in [3.8, 4) is 0 Å². The van der Waals surface area contributed by atoms with Gasteiger partial charge in [-0.1, -0.05) is 28.1 Å². The number of hydrogen-bond acceptors (Lipinski definition) is 3. The molecule has 3 N–H and O–H groups in total. The van der Waals surface area contributed by atoms with Crippen LogP contribution in [0.25, 0.3) is 0 Å². The Balaban J connectivity index is 2.19. The van der Waals surface area contributed by atoms with Crippen LogP contribution >= 0.6 is 15.9 Å². The largest absolute Gasteiger partial charge is 0.399 e. The number of nitrogens with two attached hydrogens (primary N) is 1. The molecule has 2 aromatic rings. The van der Waals surface area contributed by atoms with Crippen LogP contribution in [-0.2, 0) is 16.6 Å². The topological polar surface area (TPSA) is 72.2 Å². The second-order valence-corrected chi connectivity index (χ2v) is 6.86. The van der Waals surface area contributed by atoms with Crippen molar-refractivity contribution in [3.05, 3.63) is 58.3 Å². The molecule has 0 aliphatic carbocycles. The third kappa shape index (κ3) is 3.78. The molecule has 0 radical (unpaired) electrons. The van der Waals surface area contributed by atoms with Gasteiger partial charge >= 0.3 is 0 Å². The highest BCUT2D eigenvalue weighted by molar-refractivity contribution is 9.10. The maximum absolute atomic E-state index is 13.2. The van der Waals surface area contributed by atoms with Gasteiger partial charge in [-0.05, 0) is 35.9 Å². The number of nitrogens with one attached hydrogen (secondary N) is 1. The molecule has 7 heteroatoms. The first-order chi connectivity index (χ1) is 9.37. The second kappa shape index (κ2) is 5.90. The molecule has 0 heterocycles. The van der Waals surface area contributed by atoms with E-state index in [-0.39, 0.29) is 17.1 Å². The van der Waals surface area contributed by atoms with Crippen LogP contribution in [0.4, 0.5) is 10.1 Å². The maximum atomic E-state index is 13.2. The van der Waals surface area contributed by atoms with Gasteiger partial charge in [-0.3, -0.25) is 0 Å². The summed E-state index contributed by atoms with van der Waals surface area (Å²) in [6, 6.07) is 10.4. The van der Waals surface area contributed by atoms with Gasteiger partial charge in [-0.25, -0.2) is 17.5 Å². The Hall–Kier alpha value is -1.44. The summed E-state index contributed by atoms with van der Waals surface area (Å²) in [7, 11) is -3.80. The summed E-state index contributed by atoms with van der Waals surface area (Å²) in [5.74, 6) is -0.687. The van der Waals surface area contributed by atoms with E-state index in [0.717, 1.165) is 22.2 Å². The maximum Gasteiger partial charge on any atom is 0.241 e. The first-order valence-electron chi connectivity index (χ1n) is 5.67. The lowest BCUT2D eigenvalue weighted by Crippen LogP contribution is -2.23. The van der Waals surface area contributed by atoms with E-state index in [9.17, 15) is 12.8 Å². The lowest BCUT2D eigenvalue weighted by molar-refractivity contribution is 0.577.